The fourth-order valence-corrected chi connectivity index (χ4v) is 4.07. The predicted molar refractivity (Wildman–Crippen MR) is 74.1 cm³/mol. The molecular formula is C16H18N2. The lowest BCUT2D eigenvalue weighted by Gasteiger charge is -2.23. The van der Waals surface area contributed by atoms with Gasteiger partial charge in [-0.3, -0.25) is 0 Å². The number of hydrogen-bond acceptors (Lipinski definition) is 2. The van der Waals surface area contributed by atoms with Gasteiger partial charge in [0.2, 0.25) is 0 Å². The summed E-state index contributed by atoms with van der Waals surface area (Å²) in [5, 5.41) is 2.70. The lowest BCUT2D eigenvalue weighted by atomic mass is 9.87. The molecule has 0 aromatic heterocycles. The van der Waals surface area contributed by atoms with Gasteiger partial charge in [0, 0.05) is 5.41 Å². The van der Waals surface area contributed by atoms with Gasteiger partial charge in [-0.2, -0.15) is 0 Å². The molecule has 92 valence electrons. The van der Waals surface area contributed by atoms with E-state index < -0.39 is 5.66 Å². The summed E-state index contributed by atoms with van der Waals surface area (Å²) in [5.74, 6) is 0.693. The Morgan fingerprint density at radius 2 is 1.72 bits per heavy atom. The van der Waals surface area contributed by atoms with Crippen molar-refractivity contribution >= 4 is 10.8 Å². The van der Waals surface area contributed by atoms with Crippen molar-refractivity contribution in [3.8, 4) is 0 Å². The Morgan fingerprint density at radius 3 is 2.50 bits per heavy atom. The highest BCUT2D eigenvalue weighted by Gasteiger charge is 2.64. The summed E-state index contributed by atoms with van der Waals surface area (Å²) in [4.78, 5) is 0. The minimum absolute atomic E-state index is 0.268. The minimum Gasteiger partial charge on any atom is -0.313 e. The summed E-state index contributed by atoms with van der Waals surface area (Å²) in [6.07, 6.45) is 3.16. The fraction of sp³-hybridized carbons (Fsp3) is 0.375. The van der Waals surface area contributed by atoms with E-state index in [2.05, 4.69) is 42.5 Å². The van der Waals surface area contributed by atoms with E-state index in [-0.39, 0.29) is 5.41 Å². The van der Waals surface area contributed by atoms with E-state index in [0.29, 0.717) is 5.92 Å². The Kier molecular flexibility index (Phi) is 1.84. The molecule has 4 rings (SSSR count). The van der Waals surface area contributed by atoms with Crippen LogP contribution in [0.15, 0.2) is 42.5 Å². The number of benzene rings is 2. The number of nitrogens with two attached hydrogens (primary N) is 2. The van der Waals surface area contributed by atoms with Crippen LogP contribution in [0, 0.1) is 5.92 Å². The molecule has 0 amide bonds. The highest BCUT2D eigenvalue weighted by Crippen LogP contribution is 2.66. The summed E-state index contributed by atoms with van der Waals surface area (Å²) >= 11 is 0. The van der Waals surface area contributed by atoms with Crippen molar-refractivity contribution in [2.24, 2.45) is 17.4 Å². The molecule has 0 radical (unpaired) electrons. The molecule has 0 saturated heterocycles. The third kappa shape index (κ3) is 1.30. The van der Waals surface area contributed by atoms with Crippen LogP contribution in [-0.2, 0) is 5.41 Å². The van der Waals surface area contributed by atoms with Gasteiger partial charge in [0.25, 0.3) is 0 Å². The highest BCUT2D eigenvalue weighted by atomic mass is 15.0. The zero-order chi connectivity index (χ0) is 12.4. The second-order valence-electron chi connectivity index (χ2n) is 6.20. The molecule has 0 aliphatic heterocycles. The predicted octanol–water partition coefficient (Wildman–Crippen LogP) is 2.51. The van der Waals surface area contributed by atoms with E-state index in [1.165, 1.54) is 22.8 Å². The summed E-state index contributed by atoms with van der Waals surface area (Å²) in [6.45, 7) is 0. The average Bonchev–Trinajstić information content (AvgIpc) is 2.92. The van der Waals surface area contributed by atoms with Gasteiger partial charge in [-0.15, -0.1) is 0 Å². The molecule has 18 heavy (non-hydrogen) atoms. The smallest absolute Gasteiger partial charge is 0.0648 e. The van der Waals surface area contributed by atoms with Gasteiger partial charge in [0.15, 0.2) is 0 Å². The van der Waals surface area contributed by atoms with Crippen LogP contribution in [0.5, 0.6) is 0 Å². The van der Waals surface area contributed by atoms with Gasteiger partial charge in [0.05, 0.1) is 5.66 Å². The average molecular weight is 238 g/mol. The summed E-state index contributed by atoms with van der Waals surface area (Å²) in [7, 11) is 0. The van der Waals surface area contributed by atoms with Crippen LogP contribution in [0.2, 0.25) is 0 Å². The van der Waals surface area contributed by atoms with Crippen molar-refractivity contribution in [3.63, 3.8) is 0 Å². The van der Waals surface area contributed by atoms with E-state index in [1.54, 1.807) is 0 Å². The van der Waals surface area contributed by atoms with Crippen LogP contribution >= 0.6 is 0 Å². The van der Waals surface area contributed by atoms with Crippen molar-refractivity contribution in [2.45, 2.75) is 30.3 Å². The first-order valence-electron chi connectivity index (χ1n) is 6.67. The Hall–Kier alpha value is -1.38. The number of rotatable bonds is 1. The molecule has 0 heterocycles. The first-order chi connectivity index (χ1) is 8.61. The van der Waals surface area contributed by atoms with Gasteiger partial charge in [-0.1, -0.05) is 42.5 Å². The Bertz CT molecular complexity index is 627. The molecule has 2 atom stereocenters. The SMILES string of the molecule is NC1(N)CC2C[C@@]2(c2cccc3ccccc23)C1. The maximum Gasteiger partial charge on any atom is 0.0648 e. The molecule has 1 unspecified atom stereocenters. The fourth-order valence-electron chi connectivity index (χ4n) is 4.07. The van der Waals surface area contributed by atoms with Crippen LogP contribution in [0.25, 0.3) is 10.8 Å². The normalized spacial score (nSPS) is 32.4. The minimum atomic E-state index is -0.458. The van der Waals surface area contributed by atoms with Gasteiger partial charge in [-0.05, 0) is 41.5 Å². The first-order valence-corrected chi connectivity index (χ1v) is 6.67. The summed E-state index contributed by atoms with van der Waals surface area (Å²) < 4.78 is 0. The molecule has 0 bridgehead atoms. The third-order valence-corrected chi connectivity index (χ3v) is 4.83. The van der Waals surface area contributed by atoms with Gasteiger partial charge in [-0.25, -0.2) is 0 Å². The second-order valence-corrected chi connectivity index (χ2v) is 6.20. The highest BCUT2D eigenvalue weighted by molar-refractivity contribution is 5.87. The van der Waals surface area contributed by atoms with Crippen LogP contribution in [0.3, 0.4) is 0 Å². The molecule has 0 spiro atoms. The van der Waals surface area contributed by atoms with E-state index in [4.69, 9.17) is 11.5 Å². The molecular weight excluding hydrogens is 220 g/mol. The zero-order valence-electron chi connectivity index (χ0n) is 10.4. The molecule has 4 N–H and O–H groups in total. The Labute approximate surface area is 107 Å². The summed E-state index contributed by atoms with van der Waals surface area (Å²) in [5.41, 5.74) is 13.6. The van der Waals surface area contributed by atoms with E-state index in [9.17, 15) is 0 Å². The topological polar surface area (TPSA) is 52.0 Å². The zero-order valence-corrected chi connectivity index (χ0v) is 10.4. The van der Waals surface area contributed by atoms with Gasteiger partial charge < -0.3 is 11.5 Å². The molecule has 2 saturated carbocycles. The largest absolute Gasteiger partial charge is 0.313 e. The Morgan fingerprint density at radius 1 is 0.944 bits per heavy atom. The van der Waals surface area contributed by atoms with Crippen molar-refractivity contribution in [2.75, 3.05) is 0 Å². The van der Waals surface area contributed by atoms with Crippen LogP contribution in [-0.4, -0.2) is 5.66 Å². The number of hydrogen-bond donors (Lipinski definition) is 2. The van der Waals surface area contributed by atoms with Gasteiger partial charge >= 0.3 is 0 Å². The monoisotopic (exact) mass is 238 g/mol. The quantitative estimate of drug-likeness (QED) is 0.750. The van der Waals surface area contributed by atoms with E-state index in [0.717, 1.165) is 12.8 Å². The van der Waals surface area contributed by atoms with Crippen LogP contribution in [0.1, 0.15) is 24.8 Å². The number of fused-ring (bicyclic) bond motifs is 2. The lowest BCUT2D eigenvalue weighted by Crippen LogP contribution is -2.48. The van der Waals surface area contributed by atoms with Crippen molar-refractivity contribution in [1.29, 1.82) is 0 Å². The molecule has 2 aromatic rings. The Balaban J connectivity index is 1.90. The molecule has 2 aromatic carbocycles. The van der Waals surface area contributed by atoms with Gasteiger partial charge in [0.1, 0.15) is 0 Å². The molecule has 2 fully saturated rings. The van der Waals surface area contributed by atoms with Crippen LogP contribution < -0.4 is 11.5 Å². The standard InChI is InChI=1S/C16H18N2/c17-16(18)9-12-8-15(12,10-16)14-7-3-5-11-4-1-2-6-13(11)14/h1-7,12H,8-10,17-18H2/t12?,15-/m1/s1. The van der Waals surface area contributed by atoms with E-state index >= 15 is 0 Å². The maximum absolute atomic E-state index is 6.14. The molecule has 2 aliphatic rings. The molecule has 2 heteroatoms. The van der Waals surface area contributed by atoms with E-state index in [1.807, 2.05) is 0 Å². The molecule has 2 nitrogen and oxygen atoms in total. The maximum atomic E-state index is 6.14. The van der Waals surface area contributed by atoms with Crippen LogP contribution in [0.4, 0.5) is 0 Å². The van der Waals surface area contributed by atoms with Crippen molar-refractivity contribution < 1.29 is 0 Å². The third-order valence-electron chi connectivity index (χ3n) is 4.83. The first kappa shape index (κ1) is 10.5. The second kappa shape index (κ2) is 3.14. The lowest BCUT2D eigenvalue weighted by molar-refractivity contribution is 0.400. The molecule has 2 aliphatic carbocycles. The van der Waals surface area contributed by atoms with Crippen molar-refractivity contribution in [3.05, 3.63) is 48.0 Å². The van der Waals surface area contributed by atoms with Crippen molar-refractivity contribution in [1.82, 2.24) is 0 Å². The summed E-state index contributed by atoms with van der Waals surface area (Å²) in [6, 6.07) is 15.2.